The summed E-state index contributed by atoms with van der Waals surface area (Å²) in [6, 6.07) is 7.47. The minimum atomic E-state index is -0.0976. The number of fused-ring (bicyclic) bond motifs is 1. The van der Waals surface area contributed by atoms with Crippen LogP contribution < -0.4 is 10.6 Å². The molecule has 0 aliphatic carbocycles. The third kappa shape index (κ3) is 4.49. The first-order chi connectivity index (χ1) is 12.5. The normalized spacial score (nSPS) is 13.9. The minimum Gasteiger partial charge on any atom is -0.351 e. The molecule has 2 aromatic rings. The Morgan fingerprint density at radius 1 is 1.27 bits per heavy atom. The third-order valence-electron chi connectivity index (χ3n) is 4.56. The van der Waals surface area contributed by atoms with Gasteiger partial charge < -0.3 is 10.6 Å². The zero-order chi connectivity index (χ0) is 18.5. The van der Waals surface area contributed by atoms with Gasteiger partial charge in [0.25, 0.3) is 0 Å². The molecule has 0 fully saturated rings. The van der Waals surface area contributed by atoms with E-state index < -0.39 is 0 Å². The highest BCUT2D eigenvalue weighted by Crippen LogP contribution is 2.20. The largest absolute Gasteiger partial charge is 0.351 e. The molecular formula is C19H25N5O2. The van der Waals surface area contributed by atoms with Crippen LogP contribution in [0.25, 0.3) is 0 Å². The predicted octanol–water partition coefficient (Wildman–Crippen LogP) is 1.60. The van der Waals surface area contributed by atoms with E-state index in [4.69, 9.17) is 0 Å². The number of anilines is 1. The van der Waals surface area contributed by atoms with Gasteiger partial charge in [-0.1, -0.05) is 19.1 Å². The zero-order valence-corrected chi connectivity index (χ0v) is 15.3. The number of nitrogens with one attached hydrogen (secondary N) is 3. The molecule has 7 heteroatoms. The van der Waals surface area contributed by atoms with Crippen LogP contribution in [0.15, 0.2) is 24.3 Å². The quantitative estimate of drug-likeness (QED) is 0.734. The molecule has 0 saturated carbocycles. The van der Waals surface area contributed by atoms with Gasteiger partial charge in [-0.05, 0) is 24.1 Å². The highest BCUT2D eigenvalue weighted by molar-refractivity contribution is 5.88. The molecule has 0 radical (unpaired) electrons. The summed E-state index contributed by atoms with van der Waals surface area (Å²) in [5, 5.41) is 13.2. The van der Waals surface area contributed by atoms with E-state index in [9.17, 15) is 9.59 Å². The summed E-state index contributed by atoms with van der Waals surface area (Å²) in [4.78, 5) is 25.5. The summed E-state index contributed by atoms with van der Waals surface area (Å²) in [6.45, 7) is 6.07. The molecule has 1 aromatic heterocycles. The third-order valence-corrected chi connectivity index (χ3v) is 4.56. The highest BCUT2D eigenvalue weighted by atomic mass is 16.2. The Morgan fingerprint density at radius 2 is 2.04 bits per heavy atom. The van der Waals surface area contributed by atoms with Crippen LogP contribution in [-0.2, 0) is 35.5 Å². The number of carbonyl (C=O) groups is 2. The second kappa shape index (κ2) is 8.14. The van der Waals surface area contributed by atoms with Crippen LogP contribution in [0.1, 0.15) is 36.4 Å². The predicted molar refractivity (Wildman–Crippen MR) is 99.5 cm³/mol. The van der Waals surface area contributed by atoms with Crippen LogP contribution in [0.3, 0.4) is 0 Å². The van der Waals surface area contributed by atoms with E-state index in [1.165, 1.54) is 18.2 Å². The average molecular weight is 355 g/mol. The smallest absolute Gasteiger partial charge is 0.234 e. The molecule has 138 valence electrons. The van der Waals surface area contributed by atoms with Crippen LogP contribution in [0, 0.1) is 0 Å². The minimum absolute atomic E-state index is 0.0148. The lowest BCUT2D eigenvalue weighted by Crippen LogP contribution is -2.39. The van der Waals surface area contributed by atoms with Crippen molar-refractivity contribution in [2.24, 2.45) is 0 Å². The van der Waals surface area contributed by atoms with E-state index in [1.54, 1.807) is 0 Å². The van der Waals surface area contributed by atoms with Crippen molar-refractivity contribution in [1.29, 1.82) is 0 Å². The Morgan fingerprint density at radius 3 is 2.73 bits per heavy atom. The lowest BCUT2D eigenvalue weighted by atomic mass is 10.0. The molecule has 7 nitrogen and oxygen atoms in total. The number of aromatic nitrogens is 2. The monoisotopic (exact) mass is 355 g/mol. The number of benzene rings is 1. The van der Waals surface area contributed by atoms with Gasteiger partial charge in [0.15, 0.2) is 0 Å². The number of aromatic amines is 1. The fourth-order valence-electron chi connectivity index (χ4n) is 3.21. The summed E-state index contributed by atoms with van der Waals surface area (Å²) in [5.41, 5.74) is 5.31. The molecule has 1 aliphatic rings. The van der Waals surface area contributed by atoms with E-state index in [1.807, 2.05) is 24.3 Å². The molecular weight excluding hydrogens is 330 g/mol. The zero-order valence-electron chi connectivity index (χ0n) is 15.3. The Hall–Kier alpha value is -2.67. The van der Waals surface area contributed by atoms with Crippen molar-refractivity contribution in [3.8, 4) is 0 Å². The first kappa shape index (κ1) is 18.1. The molecule has 0 spiro atoms. The van der Waals surface area contributed by atoms with E-state index in [0.717, 1.165) is 42.9 Å². The molecule has 3 rings (SSSR count). The van der Waals surface area contributed by atoms with Gasteiger partial charge in [-0.25, -0.2) is 0 Å². The van der Waals surface area contributed by atoms with Gasteiger partial charge in [-0.15, -0.1) is 0 Å². The molecule has 0 saturated heterocycles. The van der Waals surface area contributed by atoms with Gasteiger partial charge in [0.1, 0.15) is 0 Å². The second-order valence-corrected chi connectivity index (χ2v) is 6.60. The van der Waals surface area contributed by atoms with Crippen LogP contribution in [0.4, 0.5) is 5.69 Å². The SMILES string of the molecule is CCc1n[nH]c2c1CN(CC(=O)NCc1ccc(NC(C)=O)cc1)CC2. The van der Waals surface area contributed by atoms with Crippen LogP contribution in [-0.4, -0.2) is 40.0 Å². The fourth-order valence-corrected chi connectivity index (χ4v) is 3.21. The summed E-state index contributed by atoms with van der Waals surface area (Å²) in [7, 11) is 0. The van der Waals surface area contributed by atoms with Gasteiger partial charge in [-0.2, -0.15) is 5.10 Å². The number of aryl methyl sites for hydroxylation is 1. The maximum absolute atomic E-state index is 12.3. The summed E-state index contributed by atoms with van der Waals surface area (Å²) in [6.07, 6.45) is 1.81. The average Bonchev–Trinajstić information content (AvgIpc) is 3.03. The Balaban J connectivity index is 1.48. The van der Waals surface area contributed by atoms with E-state index in [-0.39, 0.29) is 11.8 Å². The number of H-pyrrole nitrogens is 1. The van der Waals surface area contributed by atoms with Crippen molar-refractivity contribution in [2.75, 3.05) is 18.4 Å². The molecule has 2 heterocycles. The number of hydrogen-bond acceptors (Lipinski definition) is 4. The van der Waals surface area contributed by atoms with E-state index in [2.05, 4.69) is 32.7 Å². The Kier molecular flexibility index (Phi) is 5.68. The molecule has 1 aromatic carbocycles. The van der Waals surface area contributed by atoms with Gasteiger partial charge in [-0.3, -0.25) is 19.6 Å². The molecule has 2 amide bonds. The molecule has 0 atom stereocenters. The standard InChI is InChI=1S/C19H25N5O2/c1-3-17-16-11-24(9-8-18(16)23-22-17)12-19(26)20-10-14-4-6-15(7-5-14)21-13(2)25/h4-7H,3,8-12H2,1-2H3,(H,20,26)(H,21,25)(H,22,23). The molecule has 1 aliphatic heterocycles. The van der Waals surface area contributed by atoms with Gasteiger partial charge in [0, 0.05) is 49.9 Å². The lowest BCUT2D eigenvalue weighted by molar-refractivity contribution is -0.122. The summed E-state index contributed by atoms with van der Waals surface area (Å²) in [5.74, 6) is -0.0828. The van der Waals surface area contributed by atoms with Crippen LogP contribution in [0.5, 0.6) is 0 Å². The molecule has 26 heavy (non-hydrogen) atoms. The topological polar surface area (TPSA) is 90.1 Å². The van der Waals surface area contributed by atoms with Crippen molar-refractivity contribution >= 4 is 17.5 Å². The van der Waals surface area contributed by atoms with Gasteiger partial charge >= 0.3 is 0 Å². The van der Waals surface area contributed by atoms with Crippen molar-refractivity contribution in [1.82, 2.24) is 20.4 Å². The molecule has 3 N–H and O–H groups in total. The fraction of sp³-hybridized carbons (Fsp3) is 0.421. The Labute approximate surface area is 153 Å². The van der Waals surface area contributed by atoms with E-state index >= 15 is 0 Å². The Bertz CT molecular complexity index is 768. The van der Waals surface area contributed by atoms with Crippen molar-refractivity contribution in [3.63, 3.8) is 0 Å². The highest BCUT2D eigenvalue weighted by Gasteiger charge is 2.22. The molecule has 0 bridgehead atoms. The van der Waals surface area contributed by atoms with Gasteiger partial charge in [0.2, 0.25) is 11.8 Å². The van der Waals surface area contributed by atoms with Crippen LogP contribution in [0.2, 0.25) is 0 Å². The summed E-state index contributed by atoms with van der Waals surface area (Å²) >= 11 is 0. The number of amides is 2. The van der Waals surface area contributed by atoms with Crippen molar-refractivity contribution in [2.45, 2.75) is 39.8 Å². The number of rotatable bonds is 6. The van der Waals surface area contributed by atoms with Gasteiger partial charge in [0.05, 0.1) is 12.2 Å². The first-order valence-corrected chi connectivity index (χ1v) is 8.95. The number of carbonyl (C=O) groups excluding carboxylic acids is 2. The van der Waals surface area contributed by atoms with E-state index in [0.29, 0.717) is 13.1 Å². The lowest BCUT2D eigenvalue weighted by Gasteiger charge is -2.26. The summed E-state index contributed by atoms with van der Waals surface area (Å²) < 4.78 is 0. The maximum Gasteiger partial charge on any atom is 0.234 e. The molecule has 0 unspecified atom stereocenters. The van der Waals surface area contributed by atoms with Crippen molar-refractivity contribution < 1.29 is 9.59 Å². The number of hydrogen-bond donors (Lipinski definition) is 3. The maximum atomic E-state index is 12.3. The van der Waals surface area contributed by atoms with Crippen LogP contribution >= 0.6 is 0 Å². The number of nitrogens with zero attached hydrogens (tertiary/aromatic N) is 2. The first-order valence-electron chi connectivity index (χ1n) is 8.95. The van der Waals surface area contributed by atoms with Crippen molar-refractivity contribution in [3.05, 3.63) is 46.8 Å². The second-order valence-electron chi connectivity index (χ2n) is 6.60.